The molecule has 0 aliphatic heterocycles. The average Bonchev–Trinajstić information content (AvgIpc) is 2.27. The van der Waals surface area contributed by atoms with Crippen molar-refractivity contribution in [3.8, 4) is 0 Å². The van der Waals surface area contributed by atoms with Crippen LogP contribution in [0.25, 0.3) is 0 Å². The van der Waals surface area contributed by atoms with Crippen LogP contribution >= 0.6 is 11.6 Å². The summed E-state index contributed by atoms with van der Waals surface area (Å²) in [7, 11) is 0. The monoisotopic (exact) mass is 242 g/mol. The maximum absolute atomic E-state index is 13.5. The maximum Gasteiger partial charge on any atom is 0.146 e. The summed E-state index contributed by atoms with van der Waals surface area (Å²) in [6.45, 7) is 0. The molecule has 0 aromatic heterocycles. The van der Waals surface area contributed by atoms with E-state index in [1.807, 2.05) is 0 Å². The van der Waals surface area contributed by atoms with Gasteiger partial charge in [-0.25, -0.2) is 4.39 Å². The molecule has 0 radical (unpaired) electrons. The number of halogens is 2. The van der Waals surface area contributed by atoms with Crippen LogP contribution in [0.2, 0.25) is 5.02 Å². The van der Waals surface area contributed by atoms with Crippen LogP contribution in [0, 0.1) is 5.82 Å². The second-order valence-electron chi connectivity index (χ2n) is 4.32. The van der Waals surface area contributed by atoms with Crippen molar-refractivity contribution in [3.05, 3.63) is 29.0 Å². The maximum atomic E-state index is 13.5. The highest BCUT2D eigenvalue weighted by molar-refractivity contribution is 6.30. The zero-order valence-electron chi connectivity index (χ0n) is 9.05. The molecule has 16 heavy (non-hydrogen) atoms. The van der Waals surface area contributed by atoms with Crippen molar-refractivity contribution in [3.63, 3.8) is 0 Å². The van der Waals surface area contributed by atoms with Crippen LogP contribution in [0.5, 0.6) is 0 Å². The summed E-state index contributed by atoms with van der Waals surface area (Å²) in [6, 6.07) is 4.79. The van der Waals surface area contributed by atoms with E-state index in [4.69, 9.17) is 17.3 Å². The fourth-order valence-corrected chi connectivity index (χ4v) is 2.32. The van der Waals surface area contributed by atoms with Crippen LogP contribution in [-0.2, 0) is 0 Å². The normalized spacial score (nSPS) is 25.4. The molecule has 0 spiro atoms. The van der Waals surface area contributed by atoms with Crippen LogP contribution in [0.1, 0.15) is 25.7 Å². The highest BCUT2D eigenvalue weighted by Crippen LogP contribution is 2.24. The standard InChI is InChI=1S/C12H16ClFN2/c13-8-5-6-9(14)12(7-8)16-11-4-2-1-3-10(11)15/h5-7,10-11,16H,1-4,15H2/t10-,11-/m1/s1. The number of hydrogen-bond donors (Lipinski definition) is 2. The SMILES string of the molecule is N[C@@H]1CCCC[C@H]1Nc1cc(Cl)ccc1F. The Bertz CT molecular complexity index is 370. The minimum absolute atomic E-state index is 0.104. The molecule has 1 aliphatic rings. The van der Waals surface area contributed by atoms with E-state index in [1.54, 1.807) is 12.1 Å². The Morgan fingerprint density at radius 2 is 2.06 bits per heavy atom. The molecule has 0 amide bonds. The van der Waals surface area contributed by atoms with Crippen LogP contribution in [0.15, 0.2) is 18.2 Å². The van der Waals surface area contributed by atoms with Gasteiger partial charge in [0.1, 0.15) is 5.82 Å². The van der Waals surface area contributed by atoms with Gasteiger partial charge < -0.3 is 11.1 Å². The van der Waals surface area contributed by atoms with Gasteiger partial charge in [0.2, 0.25) is 0 Å². The van der Waals surface area contributed by atoms with Gasteiger partial charge in [-0.3, -0.25) is 0 Å². The van der Waals surface area contributed by atoms with Crippen molar-refractivity contribution in [1.82, 2.24) is 0 Å². The summed E-state index contributed by atoms with van der Waals surface area (Å²) in [4.78, 5) is 0. The smallest absolute Gasteiger partial charge is 0.146 e. The molecule has 2 atom stereocenters. The summed E-state index contributed by atoms with van der Waals surface area (Å²) < 4.78 is 13.5. The Morgan fingerprint density at radius 3 is 2.81 bits per heavy atom. The second-order valence-corrected chi connectivity index (χ2v) is 4.76. The van der Waals surface area contributed by atoms with E-state index in [2.05, 4.69) is 5.32 Å². The topological polar surface area (TPSA) is 38.0 Å². The van der Waals surface area contributed by atoms with Gasteiger partial charge in [0.15, 0.2) is 0 Å². The fraction of sp³-hybridized carbons (Fsp3) is 0.500. The number of hydrogen-bond acceptors (Lipinski definition) is 2. The Balaban J connectivity index is 2.10. The third-order valence-electron chi connectivity index (χ3n) is 3.09. The van der Waals surface area contributed by atoms with Gasteiger partial charge in [-0.05, 0) is 31.0 Å². The van der Waals surface area contributed by atoms with Gasteiger partial charge in [-0.2, -0.15) is 0 Å². The lowest BCUT2D eigenvalue weighted by Crippen LogP contribution is -2.42. The van der Waals surface area contributed by atoms with E-state index in [0.29, 0.717) is 10.7 Å². The molecule has 1 aromatic rings. The van der Waals surface area contributed by atoms with Gasteiger partial charge >= 0.3 is 0 Å². The van der Waals surface area contributed by atoms with Crippen molar-refractivity contribution < 1.29 is 4.39 Å². The van der Waals surface area contributed by atoms with Gasteiger partial charge in [0.05, 0.1) is 5.69 Å². The fourth-order valence-electron chi connectivity index (χ4n) is 2.15. The van der Waals surface area contributed by atoms with E-state index in [9.17, 15) is 4.39 Å². The zero-order chi connectivity index (χ0) is 11.5. The summed E-state index contributed by atoms with van der Waals surface area (Å²) >= 11 is 5.83. The van der Waals surface area contributed by atoms with Crippen molar-refractivity contribution in [2.45, 2.75) is 37.8 Å². The summed E-state index contributed by atoms with van der Waals surface area (Å²) in [5.41, 5.74) is 6.45. The highest BCUT2D eigenvalue weighted by atomic mass is 35.5. The van der Waals surface area contributed by atoms with Gasteiger partial charge in [-0.15, -0.1) is 0 Å². The first-order valence-electron chi connectivity index (χ1n) is 5.64. The molecular formula is C12H16ClFN2. The van der Waals surface area contributed by atoms with Crippen LogP contribution in [-0.4, -0.2) is 12.1 Å². The Hall–Kier alpha value is -0.800. The minimum Gasteiger partial charge on any atom is -0.378 e. The third kappa shape index (κ3) is 2.66. The van der Waals surface area contributed by atoms with E-state index >= 15 is 0 Å². The number of anilines is 1. The van der Waals surface area contributed by atoms with E-state index in [-0.39, 0.29) is 17.9 Å². The van der Waals surface area contributed by atoms with Gasteiger partial charge in [0.25, 0.3) is 0 Å². The van der Waals surface area contributed by atoms with Gasteiger partial charge in [-0.1, -0.05) is 24.4 Å². The van der Waals surface area contributed by atoms with Crippen LogP contribution in [0.4, 0.5) is 10.1 Å². The predicted molar refractivity (Wildman–Crippen MR) is 65.3 cm³/mol. The Kier molecular flexibility index (Phi) is 3.66. The van der Waals surface area contributed by atoms with E-state index in [1.165, 1.54) is 6.07 Å². The summed E-state index contributed by atoms with van der Waals surface area (Å²) in [5.74, 6) is -0.276. The third-order valence-corrected chi connectivity index (χ3v) is 3.32. The van der Waals surface area contributed by atoms with Crippen LogP contribution < -0.4 is 11.1 Å². The second kappa shape index (κ2) is 5.02. The minimum atomic E-state index is -0.276. The number of nitrogens with two attached hydrogens (primary N) is 1. The lowest BCUT2D eigenvalue weighted by molar-refractivity contribution is 0.403. The molecule has 2 nitrogen and oxygen atoms in total. The largest absolute Gasteiger partial charge is 0.378 e. The van der Waals surface area contributed by atoms with E-state index < -0.39 is 0 Å². The number of rotatable bonds is 2. The molecule has 88 valence electrons. The molecule has 0 saturated heterocycles. The first kappa shape index (κ1) is 11.7. The first-order valence-corrected chi connectivity index (χ1v) is 6.02. The summed E-state index contributed by atoms with van der Waals surface area (Å²) in [6.07, 6.45) is 4.30. The van der Waals surface area contributed by atoms with Crippen molar-refractivity contribution in [1.29, 1.82) is 0 Å². The van der Waals surface area contributed by atoms with Crippen molar-refractivity contribution >= 4 is 17.3 Å². The average molecular weight is 243 g/mol. The number of nitrogens with one attached hydrogen (secondary N) is 1. The van der Waals surface area contributed by atoms with Crippen LogP contribution in [0.3, 0.4) is 0 Å². The quantitative estimate of drug-likeness (QED) is 0.836. The molecule has 2 rings (SSSR count). The molecule has 1 aromatic carbocycles. The lowest BCUT2D eigenvalue weighted by Gasteiger charge is -2.30. The Morgan fingerprint density at radius 1 is 1.31 bits per heavy atom. The molecule has 1 fully saturated rings. The highest BCUT2D eigenvalue weighted by Gasteiger charge is 2.22. The molecule has 0 bridgehead atoms. The molecule has 1 aliphatic carbocycles. The zero-order valence-corrected chi connectivity index (χ0v) is 9.80. The van der Waals surface area contributed by atoms with Gasteiger partial charge in [0, 0.05) is 17.1 Å². The number of benzene rings is 1. The molecule has 3 N–H and O–H groups in total. The molecule has 0 heterocycles. The summed E-state index contributed by atoms with van der Waals surface area (Å²) in [5, 5.41) is 3.69. The molecule has 0 unspecified atom stereocenters. The molecular weight excluding hydrogens is 227 g/mol. The predicted octanol–water partition coefficient (Wildman–Crippen LogP) is 3.16. The molecule has 1 saturated carbocycles. The van der Waals surface area contributed by atoms with Crippen molar-refractivity contribution in [2.75, 3.05) is 5.32 Å². The molecule has 4 heteroatoms. The van der Waals surface area contributed by atoms with Crippen molar-refractivity contribution in [2.24, 2.45) is 5.73 Å². The Labute approximate surface area is 100.0 Å². The lowest BCUT2D eigenvalue weighted by atomic mass is 9.91. The first-order chi connectivity index (χ1) is 7.66. The van der Waals surface area contributed by atoms with E-state index in [0.717, 1.165) is 25.7 Å².